The van der Waals surface area contributed by atoms with Gasteiger partial charge in [0.1, 0.15) is 5.75 Å². The van der Waals surface area contributed by atoms with Gasteiger partial charge in [0, 0.05) is 44.2 Å². The lowest BCUT2D eigenvalue weighted by Crippen LogP contribution is -2.03. The van der Waals surface area contributed by atoms with E-state index >= 15 is 0 Å². The van der Waals surface area contributed by atoms with Crippen LogP contribution in [-0.4, -0.2) is 41.6 Å². The second-order valence-electron chi connectivity index (χ2n) is 15.1. The molecule has 0 unspecified atom stereocenters. The molecule has 0 aliphatic heterocycles. The summed E-state index contributed by atoms with van der Waals surface area (Å²) >= 11 is 0. The smallest absolute Gasteiger partial charge is 0.166 e. The molecule has 8 heteroatoms. The maximum absolute atomic E-state index is 5.82. The molecule has 298 valence electrons. The normalized spacial score (nSPS) is 11.3. The van der Waals surface area contributed by atoms with Gasteiger partial charge in [-0.15, -0.1) is 0 Å². The topological polar surface area (TPSA) is 91.5 Å². The first-order valence-corrected chi connectivity index (χ1v) is 20.7. The summed E-state index contributed by atoms with van der Waals surface area (Å²) < 4.78 is 8.12. The molecular formula is C55H37N7O. The van der Waals surface area contributed by atoms with Crippen LogP contribution in [0.2, 0.25) is 0 Å². The summed E-state index contributed by atoms with van der Waals surface area (Å²) in [7, 11) is 1.70. The van der Waals surface area contributed by atoms with E-state index in [4.69, 9.17) is 34.6 Å². The highest BCUT2D eigenvalue weighted by Crippen LogP contribution is 2.41. The Balaban J connectivity index is 1.10. The van der Waals surface area contributed by atoms with Gasteiger partial charge in [-0.3, -0.25) is 0 Å². The van der Waals surface area contributed by atoms with Gasteiger partial charge in [-0.05, 0) is 53.6 Å². The van der Waals surface area contributed by atoms with E-state index < -0.39 is 0 Å². The van der Waals surface area contributed by atoms with Crippen LogP contribution >= 0.6 is 0 Å². The fraction of sp³-hybridized carbons (Fsp3) is 0.0182. The summed E-state index contributed by atoms with van der Waals surface area (Å²) in [6, 6.07) is 69.7. The van der Waals surface area contributed by atoms with Gasteiger partial charge < -0.3 is 9.30 Å². The van der Waals surface area contributed by atoms with Gasteiger partial charge in [0.2, 0.25) is 0 Å². The van der Waals surface area contributed by atoms with Gasteiger partial charge in [-0.25, -0.2) is 29.9 Å². The Morgan fingerprint density at radius 3 is 1.19 bits per heavy atom. The third-order valence-electron chi connectivity index (χ3n) is 11.2. The highest BCUT2D eigenvalue weighted by molar-refractivity contribution is 6.11. The molecule has 0 radical (unpaired) electrons. The summed E-state index contributed by atoms with van der Waals surface area (Å²) in [5.41, 5.74) is 10.4. The highest BCUT2D eigenvalue weighted by Gasteiger charge is 2.21. The molecule has 0 bridgehead atoms. The average molecular weight is 812 g/mol. The molecule has 0 amide bonds. The molecule has 63 heavy (non-hydrogen) atoms. The van der Waals surface area contributed by atoms with Crippen molar-refractivity contribution in [2.45, 2.75) is 0 Å². The zero-order valence-corrected chi connectivity index (χ0v) is 34.2. The fourth-order valence-electron chi connectivity index (χ4n) is 8.20. The van der Waals surface area contributed by atoms with Crippen LogP contribution < -0.4 is 4.74 Å². The third kappa shape index (κ3) is 7.05. The molecule has 0 aliphatic carbocycles. The van der Waals surface area contributed by atoms with Crippen LogP contribution in [0.25, 0.3) is 107 Å². The molecule has 11 rings (SSSR count). The van der Waals surface area contributed by atoms with E-state index in [2.05, 4.69) is 71.3 Å². The van der Waals surface area contributed by atoms with Crippen LogP contribution in [0.4, 0.5) is 0 Å². The Morgan fingerprint density at radius 1 is 0.317 bits per heavy atom. The molecule has 8 aromatic carbocycles. The molecule has 0 saturated heterocycles. The number of nitrogens with zero attached hydrogens (tertiary/aromatic N) is 7. The molecule has 0 spiro atoms. The van der Waals surface area contributed by atoms with E-state index in [9.17, 15) is 0 Å². The summed E-state index contributed by atoms with van der Waals surface area (Å²) in [6.07, 6.45) is 0. The first-order valence-electron chi connectivity index (χ1n) is 20.7. The van der Waals surface area contributed by atoms with Crippen LogP contribution in [0, 0.1) is 0 Å². The van der Waals surface area contributed by atoms with Crippen molar-refractivity contribution in [1.29, 1.82) is 0 Å². The maximum Gasteiger partial charge on any atom is 0.166 e. The Hall–Kier alpha value is -8.62. The number of aromatic nitrogens is 7. The van der Waals surface area contributed by atoms with Crippen molar-refractivity contribution in [2.75, 3.05) is 7.11 Å². The quantitative estimate of drug-likeness (QED) is 0.143. The van der Waals surface area contributed by atoms with Crippen LogP contribution in [0.15, 0.2) is 206 Å². The fourth-order valence-corrected chi connectivity index (χ4v) is 8.20. The van der Waals surface area contributed by atoms with Gasteiger partial charge >= 0.3 is 0 Å². The first-order chi connectivity index (χ1) is 31.2. The van der Waals surface area contributed by atoms with Crippen molar-refractivity contribution in [3.8, 4) is 90.9 Å². The Kier molecular flexibility index (Phi) is 9.55. The maximum atomic E-state index is 5.82. The zero-order valence-electron chi connectivity index (χ0n) is 34.2. The molecule has 3 heterocycles. The lowest BCUT2D eigenvalue weighted by Gasteiger charge is -2.15. The molecular weight excluding hydrogens is 775 g/mol. The van der Waals surface area contributed by atoms with Crippen molar-refractivity contribution in [3.63, 3.8) is 0 Å². The zero-order chi connectivity index (χ0) is 42.1. The number of para-hydroxylation sites is 1. The van der Waals surface area contributed by atoms with Crippen molar-refractivity contribution < 1.29 is 4.74 Å². The van der Waals surface area contributed by atoms with Crippen LogP contribution in [0.5, 0.6) is 5.75 Å². The van der Waals surface area contributed by atoms with Gasteiger partial charge in [-0.1, -0.05) is 164 Å². The number of ether oxygens (including phenoxy) is 1. The molecule has 8 nitrogen and oxygen atoms in total. The molecule has 0 saturated carbocycles. The minimum absolute atomic E-state index is 0.578. The van der Waals surface area contributed by atoms with E-state index in [0.29, 0.717) is 34.9 Å². The molecule has 11 aromatic rings. The number of rotatable bonds is 9. The number of hydrogen-bond donors (Lipinski definition) is 0. The Bertz CT molecular complexity index is 3310. The molecule has 0 atom stereocenters. The van der Waals surface area contributed by atoms with Crippen LogP contribution in [0.1, 0.15) is 0 Å². The highest BCUT2D eigenvalue weighted by atomic mass is 16.5. The molecule has 3 aromatic heterocycles. The predicted octanol–water partition coefficient (Wildman–Crippen LogP) is 12.8. The second kappa shape index (κ2) is 16.1. The molecule has 0 N–H and O–H groups in total. The minimum Gasteiger partial charge on any atom is -0.497 e. The van der Waals surface area contributed by atoms with Crippen LogP contribution in [0.3, 0.4) is 0 Å². The minimum atomic E-state index is 0.578. The van der Waals surface area contributed by atoms with Crippen molar-refractivity contribution >= 4 is 21.8 Å². The number of hydrogen-bond acceptors (Lipinski definition) is 7. The monoisotopic (exact) mass is 811 g/mol. The largest absolute Gasteiger partial charge is 0.497 e. The summed E-state index contributed by atoms with van der Waals surface area (Å²) in [5, 5.41) is 2.10. The summed E-state index contributed by atoms with van der Waals surface area (Å²) in [6.45, 7) is 0. The summed E-state index contributed by atoms with van der Waals surface area (Å²) in [4.78, 5) is 30.4. The SMILES string of the molecule is COc1ccc2c(c1)c1cc(-c3ccccc3-c3nc(-c4ccccc4)nc(-c4ccccc4)n3)ccc1n2-c1ccccc1-c1nc(-c2ccccc2)nc(-c2ccccc2)n1. The number of benzene rings is 8. The van der Waals surface area contributed by atoms with Gasteiger partial charge in [0.15, 0.2) is 34.9 Å². The van der Waals surface area contributed by atoms with Crippen molar-refractivity contribution in [1.82, 2.24) is 34.5 Å². The third-order valence-corrected chi connectivity index (χ3v) is 11.2. The second-order valence-corrected chi connectivity index (χ2v) is 15.1. The van der Waals surface area contributed by atoms with Gasteiger partial charge in [0.25, 0.3) is 0 Å². The Labute approximate surface area is 363 Å². The van der Waals surface area contributed by atoms with E-state index in [0.717, 1.165) is 77.8 Å². The standard InChI is InChI=1S/C55H37N7O/c1-63-41-31-33-49-46(35-41)45-34-40(42-26-14-15-27-43(42)54-58-50(36-18-6-2-7-19-36)56-51(59-54)37-20-8-3-9-21-37)30-32-48(45)62(49)47-29-17-16-28-44(47)55-60-52(38-22-10-4-11-23-38)57-53(61-55)39-24-12-5-13-25-39/h2-35H,1H3. The molecule has 0 aliphatic rings. The van der Waals surface area contributed by atoms with E-state index in [1.54, 1.807) is 7.11 Å². The van der Waals surface area contributed by atoms with Crippen molar-refractivity contribution in [3.05, 3.63) is 206 Å². The first kappa shape index (κ1) is 37.4. The number of methoxy groups -OCH3 is 1. The Morgan fingerprint density at radius 2 is 0.698 bits per heavy atom. The summed E-state index contributed by atoms with van der Waals surface area (Å²) in [5.74, 6) is 4.38. The van der Waals surface area contributed by atoms with Gasteiger partial charge in [-0.2, -0.15) is 0 Å². The predicted molar refractivity (Wildman–Crippen MR) is 252 cm³/mol. The van der Waals surface area contributed by atoms with Crippen molar-refractivity contribution in [2.24, 2.45) is 0 Å². The van der Waals surface area contributed by atoms with Gasteiger partial charge in [0.05, 0.1) is 23.8 Å². The van der Waals surface area contributed by atoms with Crippen LogP contribution in [-0.2, 0) is 0 Å². The van der Waals surface area contributed by atoms with E-state index in [-0.39, 0.29) is 0 Å². The average Bonchev–Trinajstić information content (AvgIpc) is 3.69. The van der Waals surface area contributed by atoms with E-state index in [1.165, 1.54) is 0 Å². The lowest BCUT2D eigenvalue weighted by molar-refractivity contribution is 0.415. The number of fused-ring (bicyclic) bond motifs is 3. The lowest BCUT2D eigenvalue weighted by atomic mass is 9.97. The van der Waals surface area contributed by atoms with E-state index in [1.807, 2.05) is 140 Å². The molecule has 0 fully saturated rings.